The van der Waals surface area contributed by atoms with Crippen LogP contribution in [-0.4, -0.2) is 25.9 Å². The summed E-state index contributed by atoms with van der Waals surface area (Å²) in [6, 6.07) is 7.71. The minimum atomic E-state index is -0.119. The Balaban J connectivity index is 2.03. The van der Waals surface area contributed by atoms with Crippen LogP contribution in [0, 0.1) is 0 Å². The van der Waals surface area contributed by atoms with Gasteiger partial charge in [0.15, 0.2) is 0 Å². The molecule has 1 fully saturated rings. The lowest BCUT2D eigenvalue weighted by Gasteiger charge is -2.27. The van der Waals surface area contributed by atoms with Gasteiger partial charge in [0.05, 0.1) is 12.2 Å². The van der Waals surface area contributed by atoms with Crippen molar-refractivity contribution in [3.05, 3.63) is 34.9 Å². The van der Waals surface area contributed by atoms with E-state index >= 15 is 0 Å². The van der Waals surface area contributed by atoms with Gasteiger partial charge >= 0.3 is 0 Å². The summed E-state index contributed by atoms with van der Waals surface area (Å²) in [5.74, 6) is 0. The number of ether oxygens (including phenoxy) is 2. The van der Waals surface area contributed by atoms with Crippen molar-refractivity contribution < 1.29 is 9.47 Å². The van der Waals surface area contributed by atoms with Gasteiger partial charge in [-0.2, -0.15) is 0 Å². The highest BCUT2D eigenvalue weighted by molar-refractivity contribution is 6.31. The van der Waals surface area contributed by atoms with E-state index in [1.165, 1.54) is 0 Å². The van der Waals surface area contributed by atoms with Gasteiger partial charge in [0.1, 0.15) is 0 Å². The van der Waals surface area contributed by atoms with Crippen molar-refractivity contribution in [3.63, 3.8) is 0 Å². The molecule has 1 heterocycles. The second kappa shape index (κ2) is 6.36. The summed E-state index contributed by atoms with van der Waals surface area (Å²) < 4.78 is 11.3. The number of rotatable bonds is 4. The van der Waals surface area contributed by atoms with E-state index in [4.69, 9.17) is 26.8 Å². The minimum Gasteiger partial charge on any atom is -0.381 e. The molecular weight excluding hydrogens is 238 g/mol. The van der Waals surface area contributed by atoms with Gasteiger partial charge in [-0.1, -0.05) is 29.8 Å². The van der Waals surface area contributed by atoms with E-state index in [2.05, 4.69) is 0 Å². The van der Waals surface area contributed by atoms with Gasteiger partial charge in [0.25, 0.3) is 0 Å². The van der Waals surface area contributed by atoms with Gasteiger partial charge in [0.2, 0.25) is 0 Å². The van der Waals surface area contributed by atoms with Crippen LogP contribution in [0.1, 0.15) is 24.5 Å². The number of benzene rings is 1. The Labute approximate surface area is 107 Å². The van der Waals surface area contributed by atoms with Gasteiger partial charge in [0, 0.05) is 30.3 Å². The van der Waals surface area contributed by atoms with Crippen molar-refractivity contribution in [2.75, 3.05) is 19.8 Å². The highest BCUT2D eigenvalue weighted by atomic mass is 35.5. The molecule has 0 saturated carbocycles. The third-order valence-corrected chi connectivity index (χ3v) is 3.34. The fourth-order valence-corrected chi connectivity index (χ4v) is 2.29. The summed E-state index contributed by atoms with van der Waals surface area (Å²) >= 11 is 6.16. The largest absolute Gasteiger partial charge is 0.381 e. The zero-order valence-electron chi connectivity index (χ0n) is 9.77. The third-order valence-electron chi connectivity index (χ3n) is 2.99. The van der Waals surface area contributed by atoms with Crippen molar-refractivity contribution in [3.8, 4) is 0 Å². The summed E-state index contributed by atoms with van der Waals surface area (Å²) in [5.41, 5.74) is 6.75. The van der Waals surface area contributed by atoms with Crippen LogP contribution in [0.25, 0.3) is 0 Å². The van der Waals surface area contributed by atoms with Gasteiger partial charge in [-0.15, -0.1) is 0 Å². The zero-order chi connectivity index (χ0) is 12.1. The molecule has 0 spiro atoms. The highest BCUT2D eigenvalue weighted by Crippen LogP contribution is 2.27. The monoisotopic (exact) mass is 255 g/mol. The molecule has 2 N–H and O–H groups in total. The van der Waals surface area contributed by atoms with Gasteiger partial charge in [-0.3, -0.25) is 0 Å². The van der Waals surface area contributed by atoms with E-state index in [1.807, 2.05) is 24.3 Å². The molecule has 4 heteroatoms. The van der Waals surface area contributed by atoms with Crippen molar-refractivity contribution in [1.29, 1.82) is 0 Å². The number of halogens is 1. The first-order chi connectivity index (χ1) is 8.31. The molecule has 3 nitrogen and oxygen atoms in total. The third kappa shape index (κ3) is 3.42. The Bertz CT molecular complexity index is 353. The van der Waals surface area contributed by atoms with Crippen LogP contribution >= 0.6 is 11.6 Å². The molecular formula is C13H18ClNO2. The zero-order valence-corrected chi connectivity index (χ0v) is 10.5. The Morgan fingerprint density at radius 3 is 2.71 bits per heavy atom. The van der Waals surface area contributed by atoms with Crippen LogP contribution < -0.4 is 5.73 Å². The molecule has 0 bridgehead atoms. The fraction of sp³-hybridized carbons (Fsp3) is 0.538. The van der Waals surface area contributed by atoms with E-state index in [0.717, 1.165) is 36.6 Å². The lowest BCUT2D eigenvalue weighted by molar-refractivity contribution is -0.0665. The molecule has 1 saturated heterocycles. The lowest BCUT2D eigenvalue weighted by Crippen LogP contribution is -2.28. The molecule has 0 radical (unpaired) electrons. The summed E-state index contributed by atoms with van der Waals surface area (Å²) in [5, 5.41) is 0.718. The van der Waals surface area contributed by atoms with Crippen LogP contribution in [0.4, 0.5) is 0 Å². The number of hydrogen-bond acceptors (Lipinski definition) is 3. The maximum absolute atomic E-state index is 6.16. The van der Waals surface area contributed by atoms with E-state index in [9.17, 15) is 0 Å². The first kappa shape index (κ1) is 12.8. The molecule has 2 rings (SSSR count). The number of hydrogen-bond donors (Lipinski definition) is 1. The summed E-state index contributed by atoms with van der Waals surface area (Å²) in [6.07, 6.45) is 1.97. The SMILES string of the molecule is NCC(OC1CCOCC1)c1ccccc1Cl. The van der Waals surface area contributed by atoms with E-state index < -0.39 is 0 Å². The molecule has 0 amide bonds. The molecule has 17 heavy (non-hydrogen) atoms. The minimum absolute atomic E-state index is 0.119. The standard InChI is InChI=1S/C13H18ClNO2/c14-12-4-2-1-3-11(12)13(9-15)17-10-5-7-16-8-6-10/h1-4,10,13H,5-9,15H2. The van der Waals surface area contributed by atoms with Crippen molar-refractivity contribution in [2.24, 2.45) is 5.73 Å². The molecule has 1 aromatic carbocycles. The van der Waals surface area contributed by atoms with Gasteiger partial charge < -0.3 is 15.2 Å². The first-order valence-corrected chi connectivity index (χ1v) is 6.36. The Kier molecular flexibility index (Phi) is 4.80. The van der Waals surface area contributed by atoms with Crippen molar-refractivity contribution in [1.82, 2.24) is 0 Å². The Morgan fingerprint density at radius 2 is 2.06 bits per heavy atom. The van der Waals surface area contributed by atoms with Gasteiger partial charge in [-0.25, -0.2) is 0 Å². The van der Waals surface area contributed by atoms with Crippen LogP contribution in [0.3, 0.4) is 0 Å². The van der Waals surface area contributed by atoms with Crippen LogP contribution in [0.15, 0.2) is 24.3 Å². The lowest BCUT2D eigenvalue weighted by atomic mass is 10.1. The fourth-order valence-electron chi connectivity index (χ4n) is 2.04. The first-order valence-electron chi connectivity index (χ1n) is 5.99. The molecule has 1 aromatic rings. The molecule has 1 unspecified atom stereocenters. The second-order valence-corrected chi connectivity index (χ2v) is 4.60. The maximum atomic E-state index is 6.16. The summed E-state index contributed by atoms with van der Waals surface area (Å²) in [4.78, 5) is 0. The van der Waals surface area contributed by atoms with E-state index in [0.29, 0.717) is 6.54 Å². The molecule has 0 aromatic heterocycles. The normalized spacial score (nSPS) is 19.2. The number of nitrogens with two attached hydrogens (primary N) is 1. The Hall–Kier alpha value is -0.610. The maximum Gasteiger partial charge on any atom is 0.0965 e. The predicted octanol–water partition coefficient (Wildman–Crippen LogP) is 2.54. The highest BCUT2D eigenvalue weighted by Gasteiger charge is 2.21. The average Bonchev–Trinajstić information content (AvgIpc) is 2.38. The van der Waals surface area contributed by atoms with E-state index in [-0.39, 0.29) is 12.2 Å². The predicted molar refractivity (Wildman–Crippen MR) is 68.2 cm³/mol. The summed E-state index contributed by atoms with van der Waals surface area (Å²) in [7, 11) is 0. The molecule has 94 valence electrons. The molecule has 1 aliphatic rings. The molecule has 0 aliphatic carbocycles. The van der Waals surface area contributed by atoms with E-state index in [1.54, 1.807) is 0 Å². The van der Waals surface area contributed by atoms with Gasteiger partial charge in [-0.05, 0) is 18.9 Å². The topological polar surface area (TPSA) is 44.5 Å². The summed E-state index contributed by atoms with van der Waals surface area (Å²) in [6.45, 7) is 1.98. The quantitative estimate of drug-likeness (QED) is 0.899. The molecule has 1 atom stereocenters. The molecule has 1 aliphatic heterocycles. The smallest absolute Gasteiger partial charge is 0.0965 e. The average molecular weight is 256 g/mol. The van der Waals surface area contributed by atoms with Crippen molar-refractivity contribution >= 4 is 11.6 Å². The van der Waals surface area contributed by atoms with Crippen molar-refractivity contribution in [2.45, 2.75) is 25.0 Å². The Morgan fingerprint density at radius 1 is 1.35 bits per heavy atom. The van der Waals surface area contributed by atoms with Crippen LogP contribution in [-0.2, 0) is 9.47 Å². The van der Waals surface area contributed by atoms with Crippen LogP contribution in [0.5, 0.6) is 0 Å². The second-order valence-electron chi connectivity index (χ2n) is 4.19. The van der Waals surface area contributed by atoms with Crippen LogP contribution in [0.2, 0.25) is 5.02 Å².